The van der Waals surface area contributed by atoms with E-state index < -0.39 is 5.97 Å². The van der Waals surface area contributed by atoms with Gasteiger partial charge in [0.05, 0.1) is 17.8 Å². The number of carboxylic acids is 1. The topological polar surface area (TPSA) is 91.3 Å². The zero-order valence-corrected chi connectivity index (χ0v) is 12.7. The average molecular weight is 309 g/mol. The SMILES string of the molecule is CSC1(CNC(=O)NCc2cc(C(=O)O)ccn2)CCC1. The first-order valence-corrected chi connectivity index (χ1v) is 8.02. The van der Waals surface area contributed by atoms with Crippen molar-refractivity contribution in [1.29, 1.82) is 0 Å². The van der Waals surface area contributed by atoms with Crippen molar-refractivity contribution < 1.29 is 14.7 Å². The molecule has 0 radical (unpaired) electrons. The quantitative estimate of drug-likeness (QED) is 0.746. The summed E-state index contributed by atoms with van der Waals surface area (Å²) in [6.45, 7) is 0.863. The molecule has 0 atom stereocenters. The van der Waals surface area contributed by atoms with Crippen LogP contribution in [0.2, 0.25) is 0 Å². The van der Waals surface area contributed by atoms with Crippen molar-refractivity contribution in [3.63, 3.8) is 0 Å². The minimum atomic E-state index is -1.00. The van der Waals surface area contributed by atoms with Crippen LogP contribution in [0.1, 0.15) is 35.3 Å². The van der Waals surface area contributed by atoms with Crippen LogP contribution in [-0.4, -0.2) is 39.6 Å². The molecule has 1 aliphatic rings. The Morgan fingerprint density at radius 2 is 2.19 bits per heavy atom. The number of hydrogen-bond acceptors (Lipinski definition) is 4. The van der Waals surface area contributed by atoms with Crippen LogP contribution in [0.3, 0.4) is 0 Å². The molecule has 114 valence electrons. The van der Waals surface area contributed by atoms with Gasteiger partial charge in [0.1, 0.15) is 0 Å². The molecule has 0 aliphatic heterocycles. The Morgan fingerprint density at radius 3 is 2.76 bits per heavy atom. The number of nitrogens with zero attached hydrogens (tertiary/aromatic N) is 1. The van der Waals surface area contributed by atoms with Crippen molar-refractivity contribution in [2.24, 2.45) is 0 Å². The molecular formula is C14H19N3O3S. The number of aromatic nitrogens is 1. The predicted octanol–water partition coefficient (Wildman–Crippen LogP) is 1.86. The van der Waals surface area contributed by atoms with Gasteiger partial charge in [0.15, 0.2) is 0 Å². The van der Waals surface area contributed by atoms with Crippen molar-refractivity contribution in [2.75, 3.05) is 12.8 Å². The number of urea groups is 1. The predicted molar refractivity (Wildman–Crippen MR) is 81.5 cm³/mol. The molecule has 1 heterocycles. The highest BCUT2D eigenvalue weighted by atomic mass is 32.2. The van der Waals surface area contributed by atoms with Gasteiger partial charge in [0, 0.05) is 17.5 Å². The van der Waals surface area contributed by atoms with Crippen molar-refractivity contribution >= 4 is 23.8 Å². The maximum Gasteiger partial charge on any atom is 0.335 e. The van der Waals surface area contributed by atoms with Crippen LogP contribution in [0.25, 0.3) is 0 Å². The van der Waals surface area contributed by atoms with Gasteiger partial charge < -0.3 is 15.7 Å². The van der Waals surface area contributed by atoms with E-state index >= 15 is 0 Å². The monoisotopic (exact) mass is 309 g/mol. The minimum Gasteiger partial charge on any atom is -0.478 e. The zero-order valence-electron chi connectivity index (χ0n) is 11.9. The molecule has 3 N–H and O–H groups in total. The first-order chi connectivity index (χ1) is 10.0. The first kappa shape index (κ1) is 15.6. The summed E-state index contributed by atoms with van der Waals surface area (Å²) in [7, 11) is 0. The number of pyridine rings is 1. The molecule has 1 aromatic rings. The molecule has 6 nitrogen and oxygen atoms in total. The number of aromatic carboxylic acids is 1. The lowest BCUT2D eigenvalue weighted by atomic mass is 9.84. The highest BCUT2D eigenvalue weighted by molar-refractivity contribution is 8.00. The summed E-state index contributed by atoms with van der Waals surface area (Å²) < 4.78 is 0.193. The fraction of sp³-hybridized carbons (Fsp3) is 0.500. The van der Waals surface area contributed by atoms with Crippen LogP contribution in [0.4, 0.5) is 4.79 Å². The lowest BCUT2D eigenvalue weighted by Crippen LogP contribution is -2.47. The van der Waals surface area contributed by atoms with Crippen LogP contribution in [0.15, 0.2) is 18.3 Å². The molecule has 0 aromatic carbocycles. The summed E-state index contributed by atoms with van der Waals surface area (Å²) in [5.74, 6) is -1.00. The van der Waals surface area contributed by atoms with Crippen molar-refractivity contribution in [3.05, 3.63) is 29.6 Å². The van der Waals surface area contributed by atoms with Gasteiger partial charge in [-0.2, -0.15) is 11.8 Å². The summed E-state index contributed by atoms with van der Waals surface area (Å²) in [6.07, 6.45) is 6.98. The highest BCUT2D eigenvalue weighted by Gasteiger charge is 2.36. The Balaban J connectivity index is 1.78. The molecule has 0 saturated heterocycles. The molecule has 2 rings (SSSR count). The third-order valence-corrected chi connectivity index (χ3v) is 5.18. The third kappa shape index (κ3) is 4.10. The van der Waals surface area contributed by atoms with Crippen LogP contribution in [0, 0.1) is 0 Å². The molecule has 1 fully saturated rings. The van der Waals surface area contributed by atoms with Crippen LogP contribution < -0.4 is 10.6 Å². The second-order valence-electron chi connectivity index (χ2n) is 5.12. The Kier molecular flexibility index (Phi) is 5.06. The van der Waals surface area contributed by atoms with E-state index in [2.05, 4.69) is 21.9 Å². The maximum atomic E-state index is 11.8. The van der Waals surface area contributed by atoms with Gasteiger partial charge in [-0.05, 0) is 31.2 Å². The summed E-state index contributed by atoms with van der Waals surface area (Å²) in [5, 5.41) is 14.5. The second kappa shape index (κ2) is 6.80. The molecule has 0 bridgehead atoms. The Morgan fingerprint density at radius 1 is 1.43 bits per heavy atom. The highest BCUT2D eigenvalue weighted by Crippen LogP contribution is 2.42. The summed E-state index contributed by atoms with van der Waals surface area (Å²) in [5.41, 5.74) is 0.686. The smallest absolute Gasteiger partial charge is 0.335 e. The third-order valence-electron chi connectivity index (χ3n) is 3.76. The number of thioether (sulfide) groups is 1. The molecule has 2 amide bonds. The molecule has 1 aromatic heterocycles. The fourth-order valence-electron chi connectivity index (χ4n) is 2.21. The zero-order chi connectivity index (χ0) is 15.3. The Labute approximate surface area is 127 Å². The summed E-state index contributed by atoms with van der Waals surface area (Å²) in [6, 6.07) is 2.63. The average Bonchev–Trinajstić information content (AvgIpc) is 2.44. The van der Waals surface area contributed by atoms with E-state index in [1.165, 1.54) is 24.8 Å². The summed E-state index contributed by atoms with van der Waals surface area (Å²) >= 11 is 1.80. The molecule has 1 aliphatic carbocycles. The van der Waals surface area contributed by atoms with Gasteiger partial charge in [-0.3, -0.25) is 4.98 Å². The van der Waals surface area contributed by atoms with E-state index in [-0.39, 0.29) is 22.9 Å². The molecule has 1 saturated carbocycles. The fourth-order valence-corrected chi connectivity index (χ4v) is 3.12. The number of carbonyl (C=O) groups is 2. The first-order valence-electron chi connectivity index (χ1n) is 6.80. The van der Waals surface area contributed by atoms with Crippen LogP contribution in [-0.2, 0) is 6.54 Å². The van der Waals surface area contributed by atoms with Gasteiger partial charge in [0.25, 0.3) is 0 Å². The Hall–Kier alpha value is -1.76. The molecular weight excluding hydrogens is 290 g/mol. The molecule has 7 heteroatoms. The Bertz CT molecular complexity index is 526. The van der Waals surface area contributed by atoms with Crippen molar-refractivity contribution in [2.45, 2.75) is 30.6 Å². The van der Waals surface area contributed by atoms with Gasteiger partial charge in [-0.15, -0.1) is 0 Å². The maximum absolute atomic E-state index is 11.8. The number of hydrogen-bond donors (Lipinski definition) is 3. The van der Waals surface area contributed by atoms with E-state index in [9.17, 15) is 9.59 Å². The van der Waals surface area contributed by atoms with Gasteiger partial charge in [0.2, 0.25) is 0 Å². The van der Waals surface area contributed by atoms with E-state index in [1.807, 2.05) is 0 Å². The lowest BCUT2D eigenvalue weighted by molar-refractivity contribution is 0.0696. The van der Waals surface area contributed by atoms with Gasteiger partial charge in [-0.25, -0.2) is 9.59 Å². The van der Waals surface area contributed by atoms with Gasteiger partial charge in [-0.1, -0.05) is 6.42 Å². The standard InChI is InChI=1S/C14H19N3O3S/c1-21-14(4-2-5-14)9-17-13(20)16-8-11-7-10(12(18)19)3-6-15-11/h3,6-7H,2,4-5,8-9H2,1H3,(H,18,19)(H2,16,17,20). The van der Waals surface area contributed by atoms with E-state index in [1.54, 1.807) is 11.8 Å². The van der Waals surface area contributed by atoms with Crippen molar-refractivity contribution in [3.8, 4) is 0 Å². The minimum absolute atomic E-state index is 0.165. The largest absolute Gasteiger partial charge is 0.478 e. The number of nitrogens with one attached hydrogen (secondary N) is 2. The second-order valence-corrected chi connectivity index (χ2v) is 6.39. The van der Waals surface area contributed by atoms with Crippen LogP contribution >= 0.6 is 11.8 Å². The molecule has 21 heavy (non-hydrogen) atoms. The normalized spacial score (nSPS) is 15.9. The van der Waals surface area contributed by atoms with Crippen molar-refractivity contribution in [1.82, 2.24) is 15.6 Å². The van der Waals surface area contributed by atoms with Gasteiger partial charge >= 0.3 is 12.0 Å². The lowest BCUT2D eigenvalue weighted by Gasteiger charge is -2.40. The van der Waals surface area contributed by atoms with E-state index in [4.69, 9.17) is 5.11 Å². The number of carbonyl (C=O) groups excluding carboxylic acids is 1. The molecule has 0 unspecified atom stereocenters. The number of rotatable bonds is 6. The van der Waals surface area contributed by atoms with E-state index in [0.717, 1.165) is 12.8 Å². The summed E-state index contributed by atoms with van der Waals surface area (Å²) in [4.78, 5) is 26.6. The molecule has 0 spiro atoms. The number of carboxylic acid groups (broad SMARTS) is 1. The number of amides is 2. The van der Waals surface area contributed by atoms with E-state index in [0.29, 0.717) is 12.2 Å². The van der Waals surface area contributed by atoms with Crippen LogP contribution in [0.5, 0.6) is 0 Å².